The van der Waals surface area contributed by atoms with Crippen molar-refractivity contribution in [2.45, 2.75) is 13.8 Å². The average Bonchev–Trinajstić information content (AvgIpc) is 3.16. The van der Waals surface area contributed by atoms with Crippen molar-refractivity contribution in [3.05, 3.63) is 102 Å². The lowest BCUT2D eigenvalue weighted by atomic mass is 9.97. The maximum absolute atomic E-state index is 6.53. The van der Waals surface area contributed by atoms with Gasteiger partial charge in [0.05, 0.1) is 5.56 Å². The summed E-state index contributed by atoms with van der Waals surface area (Å²) in [6, 6.07) is 30.4. The van der Waals surface area contributed by atoms with Gasteiger partial charge in [-0.25, -0.2) is 4.57 Å². The molecular formula is C30H24NO+. The van der Waals surface area contributed by atoms with Crippen molar-refractivity contribution < 1.29 is 8.98 Å². The molecule has 0 spiro atoms. The molecule has 2 nitrogen and oxygen atoms in total. The van der Waals surface area contributed by atoms with Crippen LogP contribution in [0, 0.1) is 13.8 Å². The Morgan fingerprint density at radius 3 is 2.22 bits per heavy atom. The molecule has 0 aliphatic carbocycles. The van der Waals surface area contributed by atoms with Gasteiger partial charge in [0.15, 0.2) is 6.20 Å². The van der Waals surface area contributed by atoms with E-state index in [1.807, 2.05) is 0 Å². The molecule has 6 aromatic rings. The Morgan fingerprint density at radius 1 is 0.688 bits per heavy atom. The van der Waals surface area contributed by atoms with Crippen LogP contribution in [0.2, 0.25) is 0 Å². The van der Waals surface area contributed by atoms with Crippen molar-refractivity contribution in [1.29, 1.82) is 0 Å². The molecule has 0 N–H and O–H groups in total. The zero-order valence-electron chi connectivity index (χ0n) is 18.5. The zero-order valence-corrected chi connectivity index (χ0v) is 18.5. The molecule has 2 aromatic heterocycles. The summed E-state index contributed by atoms with van der Waals surface area (Å²) in [6.07, 6.45) is 2.14. The van der Waals surface area contributed by atoms with Crippen LogP contribution in [0.15, 0.2) is 95.5 Å². The molecule has 2 heterocycles. The summed E-state index contributed by atoms with van der Waals surface area (Å²) < 4.78 is 8.71. The second-order valence-electron chi connectivity index (χ2n) is 8.71. The summed E-state index contributed by atoms with van der Waals surface area (Å²) in [4.78, 5) is 0. The minimum atomic E-state index is 0.933. The smallest absolute Gasteiger partial charge is 0.216 e. The molecule has 0 saturated carbocycles. The number of fused-ring (bicyclic) bond motifs is 4. The fourth-order valence-corrected chi connectivity index (χ4v) is 4.69. The maximum atomic E-state index is 6.53. The van der Waals surface area contributed by atoms with E-state index >= 15 is 0 Å². The topological polar surface area (TPSA) is 17.0 Å². The molecular weight excluding hydrogens is 390 g/mol. The minimum Gasteiger partial charge on any atom is -0.455 e. The van der Waals surface area contributed by atoms with Crippen molar-refractivity contribution in [3.8, 4) is 22.4 Å². The Kier molecular flexibility index (Phi) is 4.16. The van der Waals surface area contributed by atoms with Gasteiger partial charge >= 0.3 is 0 Å². The highest BCUT2D eigenvalue weighted by atomic mass is 16.3. The predicted octanol–water partition coefficient (Wildman–Crippen LogP) is 7.51. The molecule has 6 rings (SSSR count). The Bertz CT molecular complexity index is 1640. The number of hydrogen-bond acceptors (Lipinski definition) is 1. The van der Waals surface area contributed by atoms with Crippen LogP contribution in [0.5, 0.6) is 0 Å². The first-order chi connectivity index (χ1) is 15.6. The van der Waals surface area contributed by atoms with E-state index in [1.54, 1.807) is 0 Å². The highest BCUT2D eigenvalue weighted by molar-refractivity contribution is 6.13. The number of rotatable bonds is 2. The number of pyridine rings is 1. The monoisotopic (exact) mass is 414 g/mol. The molecule has 0 radical (unpaired) electrons. The van der Waals surface area contributed by atoms with Crippen molar-refractivity contribution in [1.82, 2.24) is 0 Å². The molecule has 0 atom stereocenters. The SMILES string of the molecule is Cc1ccc(-c2cc[n+](C)c(-c3c(C)ccc4c3oc3cc5ccccc5cc34)c2)cc1. The molecule has 32 heavy (non-hydrogen) atoms. The molecule has 0 saturated heterocycles. The molecule has 0 bridgehead atoms. The number of aromatic nitrogens is 1. The number of nitrogens with zero attached hydrogens (tertiary/aromatic N) is 1. The molecule has 0 unspecified atom stereocenters. The van der Waals surface area contributed by atoms with E-state index in [2.05, 4.69) is 117 Å². The predicted molar refractivity (Wildman–Crippen MR) is 133 cm³/mol. The molecule has 0 amide bonds. The first-order valence-corrected chi connectivity index (χ1v) is 11.0. The normalized spacial score (nSPS) is 11.6. The Balaban J connectivity index is 1.63. The second kappa shape index (κ2) is 7.06. The zero-order chi connectivity index (χ0) is 21.8. The standard InChI is InChI=1S/C30H24NO/c1-19-8-11-21(12-9-19)24-14-15-31(3)27(17-24)29-20(2)10-13-25-26-16-22-6-4-5-7-23(22)18-28(26)32-30(25)29/h4-18H,1-3H3/q+1. The van der Waals surface area contributed by atoms with Crippen molar-refractivity contribution >= 4 is 32.7 Å². The van der Waals surface area contributed by atoms with Crippen LogP contribution in [-0.2, 0) is 7.05 Å². The lowest BCUT2D eigenvalue weighted by Gasteiger charge is -2.08. The third-order valence-corrected chi connectivity index (χ3v) is 6.51. The molecule has 2 heteroatoms. The fraction of sp³-hybridized carbons (Fsp3) is 0.100. The van der Waals surface area contributed by atoms with Crippen molar-refractivity contribution in [2.75, 3.05) is 0 Å². The number of furan rings is 1. The largest absolute Gasteiger partial charge is 0.455 e. The number of benzene rings is 4. The van der Waals surface area contributed by atoms with Gasteiger partial charge in [-0.1, -0.05) is 66.2 Å². The van der Waals surface area contributed by atoms with Crippen molar-refractivity contribution in [3.63, 3.8) is 0 Å². The Morgan fingerprint density at radius 2 is 1.44 bits per heavy atom. The van der Waals surface area contributed by atoms with Crippen LogP contribution >= 0.6 is 0 Å². The number of hydrogen-bond donors (Lipinski definition) is 0. The lowest BCUT2D eigenvalue weighted by molar-refractivity contribution is -0.660. The van der Waals surface area contributed by atoms with Gasteiger partial charge in [-0.05, 0) is 53.4 Å². The third-order valence-electron chi connectivity index (χ3n) is 6.51. The van der Waals surface area contributed by atoms with E-state index in [4.69, 9.17) is 4.42 Å². The van der Waals surface area contributed by atoms with Gasteiger partial charge in [-0.2, -0.15) is 0 Å². The van der Waals surface area contributed by atoms with E-state index in [1.165, 1.54) is 33.0 Å². The Hall–Kier alpha value is -3.91. The van der Waals surface area contributed by atoms with Crippen LogP contribution in [0.4, 0.5) is 0 Å². The van der Waals surface area contributed by atoms with Crippen LogP contribution in [0.25, 0.3) is 55.1 Å². The molecule has 0 fully saturated rings. The van der Waals surface area contributed by atoms with Gasteiger partial charge in [0, 0.05) is 22.9 Å². The molecule has 4 aromatic carbocycles. The van der Waals surface area contributed by atoms with Gasteiger partial charge in [-0.15, -0.1) is 0 Å². The maximum Gasteiger partial charge on any atom is 0.216 e. The number of aryl methyl sites for hydroxylation is 3. The first kappa shape index (κ1) is 18.8. The molecule has 0 aliphatic rings. The van der Waals surface area contributed by atoms with Crippen LogP contribution in [0.3, 0.4) is 0 Å². The molecule has 154 valence electrons. The van der Waals surface area contributed by atoms with Gasteiger partial charge < -0.3 is 4.42 Å². The van der Waals surface area contributed by atoms with E-state index in [0.29, 0.717) is 0 Å². The van der Waals surface area contributed by atoms with Crippen LogP contribution < -0.4 is 4.57 Å². The average molecular weight is 415 g/mol. The summed E-state index contributed by atoms with van der Waals surface area (Å²) in [5.41, 5.74) is 9.09. The van der Waals surface area contributed by atoms with Gasteiger partial charge in [0.1, 0.15) is 18.2 Å². The highest BCUT2D eigenvalue weighted by Gasteiger charge is 2.21. The first-order valence-electron chi connectivity index (χ1n) is 11.0. The van der Waals surface area contributed by atoms with Crippen LogP contribution in [0.1, 0.15) is 11.1 Å². The molecule has 0 aliphatic heterocycles. The Labute approximate surface area is 187 Å². The highest BCUT2D eigenvalue weighted by Crippen LogP contribution is 2.39. The fourth-order valence-electron chi connectivity index (χ4n) is 4.69. The summed E-state index contributed by atoms with van der Waals surface area (Å²) in [5, 5.41) is 4.75. The van der Waals surface area contributed by atoms with E-state index in [0.717, 1.165) is 33.2 Å². The lowest BCUT2D eigenvalue weighted by Crippen LogP contribution is -2.30. The van der Waals surface area contributed by atoms with Crippen molar-refractivity contribution in [2.24, 2.45) is 7.05 Å². The summed E-state index contributed by atoms with van der Waals surface area (Å²) in [5.74, 6) is 0. The second-order valence-corrected chi connectivity index (χ2v) is 8.71. The summed E-state index contributed by atoms with van der Waals surface area (Å²) in [6.45, 7) is 4.28. The van der Waals surface area contributed by atoms with Crippen LogP contribution in [-0.4, -0.2) is 0 Å². The summed E-state index contributed by atoms with van der Waals surface area (Å²) in [7, 11) is 2.10. The van der Waals surface area contributed by atoms with Gasteiger partial charge in [-0.3, -0.25) is 0 Å². The van der Waals surface area contributed by atoms with E-state index in [-0.39, 0.29) is 0 Å². The van der Waals surface area contributed by atoms with E-state index < -0.39 is 0 Å². The quantitative estimate of drug-likeness (QED) is 0.268. The van der Waals surface area contributed by atoms with Gasteiger partial charge in [0.2, 0.25) is 5.69 Å². The van der Waals surface area contributed by atoms with Gasteiger partial charge in [0.25, 0.3) is 0 Å². The van der Waals surface area contributed by atoms with E-state index in [9.17, 15) is 0 Å². The summed E-state index contributed by atoms with van der Waals surface area (Å²) >= 11 is 0. The third kappa shape index (κ3) is 2.91. The minimum absolute atomic E-state index is 0.933.